The first kappa shape index (κ1) is 21.0. The molecular weight excluding hydrogens is 403 g/mol. The van der Waals surface area contributed by atoms with Crippen LogP contribution in [0.3, 0.4) is 0 Å². The predicted octanol–water partition coefficient (Wildman–Crippen LogP) is 1.86. The molecule has 2 heterocycles. The van der Waals surface area contributed by atoms with E-state index in [9.17, 15) is 22.8 Å². The summed E-state index contributed by atoms with van der Waals surface area (Å²) < 4.78 is 38.9. The molecule has 0 saturated heterocycles. The lowest BCUT2D eigenvalue weighted by atomic mass is 10.1. The van der Waals surface area contributed by atoms with Gasteiger partial charge in [0.25, 0.3) is 5.91 Å². The highest BCUT2D eigenvalue weighted by atomic mass is 19.4. The molecule has 30 heavy (non-hydrogen) atoms. The number of rotatable bonds is 4. The van der Waals surface area contributed by atoms with Gasteiger partial charge >= 0.3 is 6.18 Å². The van der Waals surface area contributed by atoms with E-state index < -0.39 is 35.0 Å². The van der Waals surface area contributed by atoms with Crippen molar-refractivity contribution in [2.75, 3.05) is 16.0 Å². The topological polar surface area (TPSA) is 148 Å². The molecule has 0 unspecified atom stereocenters. The second-order valence-electron chi connectivity index (χ2n) is 7.06. The van der Waals surface area contributed by atoms with E-state index in [0.717, 1.165) is 6.20 Å². The molecule has 1 aromatic carbocycles. The van der Waals surface area contributed by atoms with E-state index in [1.807, 2.05) is 0 Å². The number of hydrogen-bond acceptors (Lipinski definition) is 7. The fraction of sp³-hybridized carbons (Fsp3) is 0.222. The van der Waals surface area contributed by atoms with Crippen LogP contribution in [0, 0.1) is 0 Å². The third kappa shape index (κ3) is 4.33. The van der Waals surface area contributed by atoms with Crippen LogP contribution in [0.15, 0.2) is 36.3 Å². The molecule has 0 saturated carbocycles. The van der Waals surface area contributed by atoms with Crippen molar-refractivity contribution in [3.63, 3.8) is 0 Å². The van der Waals surface area contributed by atoms with E-state index in [-0.39, 0.29) is 11.4 Å². The average molecular weight is 421 g/mol. The van der Waals surface area contributed by atoms with Crippen LogP contribution in [0.25, 0.3) is 5.57 Å². The molecule has 0 atom stereocenters. The Hall–Kier alpha value is -3.67. The molecule has 12 heteroatoms. The first-order chi connectivity index (χ1) is 13.9. The maximum atomic E-state index is 13.0. The number of primary amides is 1. The van der Waals surface area contributed by atoms with Crippen LogP contribution < -0.4 is 27.4 Å². The largest absolute Gasteiger partial charge is 0.433 e. The first-order valence-electron chi connectivity index (χ1n) is 8.59. The molecule has 0 radical (unpaired) electrons. The van der Waals surface area contributed by atoms with Gasteiger partial charge in [0.15, 0.2) is 5.82 Å². The van der Waals surface area contributed by atoms with Crippen molar-refractivity contribution in [3.05, 3.63) is 47.8 Å². The molecule has 0 spiro atoms. The number of benzene rings is 1. The van der Waals surface area contributed by atoms with Crippen LogP contribution >= 0.6 is 0 Å². The number of nitrogens with one attached hydrogen (secondary N) is 3. The van der Waals surface area contributed by atoms with Gasteiger partial charge in [0.05, 0.1) is 16.9 Å². The number of amides is 2. The zero-order valence-electron chi connectivity index (χ0n) is 15.9. The summed E-state index contributed by atoms with van der Waals surface area (Å²) in [4.78, 5) is 31.2. The summed E-state index contributed by atoms with van der Waals surface area (Å²) in [7, 11) is 0. The molecule has 2 aromatic rings. The maximum Gasteiger partial charge on any atom is 0.433 e. The SMILES string of the molecule is CC(C)(N)C(=O)Nc1ccc2c(c1)N/C(=C(\C(N)=O)c1nccc(C(F)(F)F)n1)N2. The number of aromatic nitrogens is 2. The van der Waals surface area contributed by atoms with Crippen molar-refractivity contribution in [3.8, 4) is 0 Å². The van der Waals surface area contributed by atoms with Gasteiger partial charge in [0, 0.05) is 11.9 Å². The Morgan fingerprint density at radius 1 is 1.10 bits per heavy atom. The van der Waals surface area contributed by atoms with Crippen molar-refractivity contribution >= 4 is 34.4 Å². The van der Waals surface area contributed by atoms with E-state index in [1.54, 1.807) is 32.0 Å². The van der Waals surface area contributed by atoms with Crippen molar-refractivity contribution in [2.24, 2.45) is 11.5 Å². The molecule has 9 nitrogen and oxygen atoms in total. The third-order valence-electron chi connectivity index (χ3n) is 4.05. The van der Waals surface area contributed by atoms with Gasteiger partial charge in [-0.05, 0) is 38.1 Å². The molecule has 0 bridgehead atoms. The summed E-state index contributed by atoms with van der Waals surface area (Å²) in [6.45, 7) is 3.09. The van der Waals surface area contributed by atoms with E-state index in [0.29, 0.717) is 23.1 Å². The number of fused-ring (bicyclic) bond motifs is 1. The molecule has 1 aliphatic heterocycles. The van der Waals surface area contributed by atoms with E-state index in [2.05, 4.69) is 25.9 Å². The minimum atomic E-state index is -4.71. The number of halogens is 3. The normalized spacial score (nSPS) is 15.0. The van der Waals surface area contributed by atoms with Crippen molar-refractivity contribution in [1.82, 2.24) is 9.97 Å². The van der Waals surface area contributed by atoms with Gasteiger partial charge < -0.3 is 27.4 Å². The molecule has 0 fully saturated rings. The summed E-state index contributed by atoms with van der Waals surface area (Å²) in [5, 5.41) is 8.35. The van der Waals surface area contributed by atoms with Crippen LogP contribution in [0.4, 0.5) is 30.2 Å². The quantitative estimate of drug-likeness (QED) is 0.473. The Morgan fingerprint density at radius 2 is 1.77 bits per heavy atom. The highest BCUT2D eigenvalue weighted by Crippen LogP contribution is 2.36. The Bertz CT molecular complexity index is 1060. The minimum Gasteiger partial charge on any atom is -0.365 e. The number of nitrogens with zero attached hydrogens (tertiary/aromatic N) is 2. The highest BCUT2D eigenvalue weighted by Gasteiger charge is 2.34. The van der Waals surface area contributed by atoms with Gasteiger partial charge in [-0.3, -0.25) is 9.59 Å². The number of nitrogens with two attached hydrogens (primary N) is 2. The van der Waals surface area contributed by atoms with Crippen LogP contribution in [0.2, 0.25) is 0 Å². The second kappa shape index (κ2) is 7.30. The number of carbonyl (C=O) groups is 2. The van der Waals surface area contributed by atoms with Gasteiger partial charge in [0.2, 0.25) is 5.91 Å². The molecule has 1 aromatic heterocycles. The van der Waals surface area contributed by atoms with Gasteiger partial charge in [-0.2, -0.15) is 13.2 Å². The van der Waals surface area contributed by atoms with Crippen molar-refractivity contribution in [2.45, 2.75) is 25.6 Å². The monoisotopic (exact) mass is 421 g/mol. The lowest BCUT2D eigenvalue weighted by Crippen LogP contribution is -2.45. The summed E-state index contributed by atoms with van der Waals surface area (Å²) >= 11 is 0. The first-order valence-corrected chi connectivity index (χ1v) is 8.59. The fourth-order valence-corrected chi connectivity index (χ4v) is 2.53. The lowest BCUT2D eigenvalue weighted by Gasteiger charge is -2.18. The lowest BCUT2D eigenvalue weighted by molar-refractivity contribution is -0.141. The van der Waals surface area contributed by atoms with E-state index in [4.69, 9.17) is 11.5 Å². The summed E-state index contributed by atoms with van der Waals surface area (Å²) in [5.74, 6) is -1.92. The van der Waals surface area contributed by atoms with E-state index in [1.165, 1.54) is 0 Å². The summed E-state index contributed by atoms with van der Waals surface area (Å²) in [6, 6.07) is 5.43. The number of anilines is 3. The highest BCUT2D eigenvalue weighted by molar-refractivity contribution is 6.20. The van der Waals surface area contributed by atoms with Gasteiger partial charge in [-0.15, -0.1) is 0 Å². The van der Waals surface area contributed by atoms with Gasteiger partial charge in [0.1, 0.15) is 17.1 Å². The Balaban J connectivity index is 1.95. The molecule has 0 aliphatic carbocycles. The zero-order chi connectivity index (χ0) is 22.3. The fourth-order valence-electron chi connectivity index (χ4n) is 2.53. The Labute approximate surface area is 168 Å². The van der Waals surface area contributed by atoms with Crippen LogP contribution in [-0.2, 0) is 15.8 Å². The average Bonchev–Trinajstić information content (AvgIpc) is 3.02. The molecule has 7 N–H and O–H groups in total. The molecule has 158 valence electrons. The molecule has 1 aliphatic rings. The van der Waals surface area contributed by atoms with Crippen molar-refractivity contribution in [1.29, 1.82) is 0 Å². The third-order valence-corrected chi connectivity index (χ3v) is 4.05. The van der Waals surface area contributed by atoms with Crippen LogP contribution in [0.5, 0.6) is 0 Å². The van der Waals surface area contributed by atoms with E-state index >= 15 is 0 Å². The van der Waals surface area contributed by atoms with Gasteiger partial charge in [-0.25, -0.2) is 9.97 Å². The minimum absolute atomic E-state index is 0.0134. The second-order valence-corrected chi connectivity index (χ2v) is 7.06. The number of carbonyl (C=O) groups excluding carboxylic acids is 2. The zero-order valence-corrected chi connectivity index (χ0v) is 15.9. The van der Waals surface area contributed by atoms with Crippen LogP contribution in [0.1, 0.15) is 25.4 Å². The summed E-state index contributed by atoms with van der Waals surface area (Å²) in [6.07, 6.45) is -3.83. The molecular formula is C18H18F3N7O2. The standard InChI is InChI=1S/C18H18F3N7O2/c1-17(2,23)16(30)25-8-3-4-9-10(7-8)27-15(26-9)12(13(22)29)14-24-6-5-11(28-14)18(19,20)21/h3-7,26-27H,23H2,1-2H3,(H2,22,29)(H,25,30)/b15-12+. The number of hydrogen-bond donors (Lipinski definition) is 5. The number of alkyl halides is 3. The van der Waals surface area contributed by atoms with Crippen molar-refractivity contribution < 1.29 is 22.8 Å². The molecule has 2 amide bonds. The predicted molar refractivity (Wildman–Crippen MR) is 104 cm³/mol. The smallest absolute Gasteiger partial charge is 0.365 e. The Kier molecular flexibility index (Phi) is 5.12. The van der Waals surface area contributed by atoms with Gasteiger partial charge in [-0.1, -0.05) is 0 Å². The molecule has 3 rings (SSSR count). The summed E-state index contributed by atoms with van der Waals surface area (Å²) in [5.41, 5.74) is 9.83. The Morgan fingerprint density at radius 3 is 2.37 bits per heavy atom. The van der Waals surface area contributed by atoms with Crippen LogP contribution in [-0.4, -0.2) is 27.3 Å². The maximum absolute atomic E-state index is 13.0.